The number of aryl methyl sites for hydroxylation is 1. The predicted octanol–water partition coefficient (Wildman–Crippen LogP) is 4.33. The van der Waals surface area contributed by atoms with Crippen molar-refractivity contribution in [1.29, 1.82) is 0 Å². The molecule has 1 N–H and O–H groups in total. The first kappa shape index (κ1) is 23.5. The second-order valence-corrected chi connectivity index (χ2v) is 9.21. The number of nitrogens with one attached hydrogen (secondary N) is 1. The van der Waals surface area contributed by atoms with Crippen molar-refractivity contribution in [2.24, 2.45) is 5.92 Å². The molecule has 0 spiro atoms. The van der Waals surface area contributed by atoms with E-state index in [1.54, 1.807) is 10.8 Å². The maximum atomic E-state index is 13.3. The number of carbonyl (C=O) groups is 1. The maximum Gasteiger partial charge on any atom is 0.335 e. The molecule has 0 amide bonds. The summed E-state index contributed by atoms with van der Waals surface area (Å²) in [5.74, 6) is 3.01. The maximum absolute atomic E-state index is 13.3. The number of benzene rings is 2. The highest BCUT2D eigenvalue weighted by Crippen LogP contribution is 2.30. The van der Waals surface area contributed by atoms with Gasteiger partial charge in [0, 0.05) is 36.2 Å². The number of aromatic nitrogens is 6. The molecule has 0 bridgehead atoms. The van der Waals surface area contributed by atoms with Gasteiger partial charge in [-0.25, -0.2) is 9.36 Å². The van der Waals surface area contributed by atoms with E-state index in [-0.39, 0.29) is 17.5 Å². The van der Waals surface area contributed by atoms with Crippen molar-refractivity contribution in [3.8, 4) is 34.9 Å². The first-order valence-corrected chi connectivity index (χ1v) is 12.4. The Morgan fingerprint density at radius 2 is 1.81 bits per heavy atom. The summed E-state index contributed by atoms with van der Waals surface area (Å²) in [5, 5.41) is 14.4. The molecule has 1 fully saturated rings. The van der Waals surface area contributed by atoms with E-state index < -0.39 is 0 Å². The average Bonchev–Trinajstić information content (AvgIpc) is 3.57. The molecular formula is C28H28N6O2. The van der Waals surface area contributed by atoms with Crippen LogP contribution in [0.1, 0.15) is 54.6 Å². The zero-order valence-electron chi connectivity index (χ0n) is 20.1. The van der Waals surface area contributed by atoms with Crippen LogP contribution in [0.4, 0.5) is 0 Å². The number of terminal acetylenes is 1. The van der Waals surface area contributed by atoms with E-state index in [1.165, 1.54) is 4.57 Å². The normalized spacial score (nSPS) is 14.0. The number of imidazole rings is 1. The van der Waals surface area contributed by atoms with Crippen LogP contribution in [0.5, 0.6) is 0 Å². The van der Waals surface area contributed by atoms with Crippen LogP contribution in [0.3, 0.4) is 0 Å². The third-order valence-electron chi connectivity index (χ3n) is 6.90. The molecule has 8 nitrogen and oxygen atoms in total. The largest absolute Gasteiger partial charge is 0.335 e. The Bertz CT molecular complexity index is 1430. The van der Waals surface area contributed by atoms with E-state index in [2.05, 4.69) is 26.5 Å². The monoisotopic (exact) mass is 480 g/mol. The van der Waals surface area contributed by atoms with Gasteiger partial charge in [0.1, 0.15) is 0 Å². The van der Waals surface area contributed by atoms with E-state index in [0.717, 1.165) is 60.1 Å². The standard InChI is InChI=1S/C28H28N6O2/c1-2-3-11-23-19-34(27(35)22-9-5-4-6-10-22)28(36)33(23)18-20-14-16-21(17-15-20)24-12-7-8-13-25(24)26-29-31-32-30-26/h1,7-8,12-17,19,22H,3-6,9-11,18H2,(H,29,30,31,32). The lowest BCUT2D eigenvalue weighted by Crippen LogP contribution is -2.34. The van der Waals surface area contributed by atoms with Crippen molar-refractivity contribution in [2.45, 2.75) is 51.5 Å². The Hall–Kier alpha value is -4.25. The van der Waals surface area contributed by atoms with E-state index in [9.17, 15) is 9.59 Å². The van der Waals surface area contributed by atoms with Crippen molar-refractivity contribution in [3.63, 3.8) is 0 Å². The smallest absolute Gasteiger partial charge is 0.292 e. The summed E-state index contributed by atoms with van der Waals surface area (Å²) in [6, 6.07) is 15.9. The van der Waals surface area contributed by atoms with Gasteiger partial charge in [0.05, 0.1) is 6.54 Å². The fourth-order valence-corrected chi connectivity index (χ4v) is 4.98. The SMILES string of the molecule is C#CCCc1cn(C(=O)C2CCCCC2)c(=O)n1Cc1ccc(-c2ccccc2-c2nn[nH]n2)cc1. The van der Waals surface area contributed by atoms with Crippen LogP contribution in [0.25, 0.3) is 22.5 Å². The lowest BCUT2D eigenvalue weighted by molar-refractivity contribution is 0.0796. The van der Waals surface area contributed by atoms with Crippen LogP contribution in [-0.4, -0.2) is 35.7 Å². The van der Waals surface area contributed by atoms with Gasteiger partial charge >= 0.3 is 5.69 Å². The summed E-state index contributed by atoms with van der Waals surface area (Å²) in [6.07, 6.45) is 13.2. The number of hydrogen-bond acceptors (Lipinski definition) is 5. The van der Waals surface area contributed by atoms with Crippen LogP contribution in [-0.2, 0) is 13.0 Å². The van der Waals surface area contributed by atoms with Crippen LogP contribution >= 0.6 is 0 Å². The van der Waals surface area contributed by atoms with E-state index in [0.29, 0.717) is 25.2 Å². The fraction of sp³-hybridized carbons (Fsp3) is 0.321. The quantitative estimate of drug-likeness (QED) is 0.397. The predicted molar refractivity (Wildman–Crippen MR) is 137 cm³/mol. The van der Waals surface area contributed by atoms with Gasteiger partial charge in [-0.15, -0.1) is 22.5 Å². The highest BCUT2D eigenvalue weighted by atomic mass is 16.2. The van der Waals surface area contributed by atoms with Crippen molar-refractivity contribution < 1.29 is 4.79 Å². The molecule has 0 atom stereocenters. The molecule has 182 valence electrons. The van der Waals surface area contributed by atoms with Crippen molar-refractivity contribution in [2.75, 3.05) is 0 Å². The summed E-state index contributed by atoms with van der Waals surface area (Å²) in [5.41, 5.74) is 4.33. The first-order chi connectivity index (χ1) is 17.7. The molecule has 0 saturated heterocycles. The Labute approximate surface area is 209 Å². The summed E-state index contributed by atoms with van der Waals surface area (Å²) in [7, 11) is 0. The fourth-order valence-electron chi connectivity index (χ4n) is 4.98. The number of H-pyrrole nitrogens is 1. The number of carbonyl (C=O) groups excluding carboxylic acids is 1. The van der Waals surface area contributed by atoms with Crippen molar-refractivity contribution in [1.82, 2.24) is 29.8 Å². The number of rotatable bonds is 7. The van der Waals surface area contributed by atoms with Crippen LogP contribution in [0, 0.1) is 18.3 Å². The zero-order valence-corrected chi connectivity index (χ0v) is 20.1. The third kappa shape index (κ3) is 4.78. The molecule has 0 unspecified atom stereocenters. The minimum Gasteiger partial charge on any atom is -0.292 e. The number of hydrogen-bond donors (Lipinski definition) is 1. The average molecular weight is 481 g/mol. The van der Waals surface area contributed by atoms with Gasteiger partial charge in [0.2, 0.25) is 11.7 Å². The summed E-state index contributed by atoms with van der Waals surface area (Å²) < 4.78 is 3.00. The number of tetrazole rings is 1. The Balaban J connectivity index is 1.42. The highest BCUT2D eigenvalue weighted by molar-refractivity contribution is 5.81. The Kier molecular flexibility index (Phi) is 6.89. The minimum absolute atomic E-state index is 0.0775. The topological polar surface area (TPSA) is 98.5 Å². The summed E-state index contributed by atoms with van der Waals surface area (Å²) >= 11 is 0. The van der Waals surface area contributed by atoms with Gasteiger partial charge in [-0.05, 0) is 34.7 Å². The molecule has 2 aromatic heterocycles. The Morgan fingerprint density at radius 1 is 1.06 bits per heavy atom. The van der Waals surface area contributed by atoms with Gasteiger partial charge in [-0.1, -0.05) is 67.8 Å². The van der Waals surface area contributed by atoms with E-state index in [4.69, 9.17) is 6.42 Å². The summed E-state index contributed by atoms with van der Waals surface area (Å²) in [4.78, 5) is 26.5. The van der Waals surface area contributed by atoms with E-state index >= 15 is 0 Å². The molecule has 1 saturated carbocycles. The number of aromatic amines is 1. The lowest BCUT2D eigenvalue weighted by atomic mass is 9.88. The van der Waals surface area contributed by atoms with Gasteiger partial charge in [-0.3, -0.25) is 9.36 Å². The summed E-state index contributed by atoms with van der Waals surface area (Å²) in [6.45, 7) is 0.371. The van der Waals surface area contributed by atoms with Gasteiger partial charge in [-0.2, -0.15) is 5.21 Å². The molecule has 5 rings (SSSR count). The molecule has 1 aliphatic rings. The van der Waals surface area contributed by atoms with Crippen molar-refractivity contribution in [3.05, 3.63) is 76.5 Å². The van der Waals surface area contributed by atoms with Crippen LogP contribution in [0.15, 0.2) is 59.5 Å². The molecule has 4 aromatic rings. The van der Waals surface area contributed by atoms with E-state index in [1.807, 2.05) is 48.5 Å². The van der Waals surface area contributed by atoms with Gasteiger partial charge < -0.3 is 0 Å². The molecule has 0 aliphatic heterocycles. The van der Waals surface area contributed by atoms with Crippen LogP contribution in [0.2, 0.25) is 0 Å². The lowest BCUT2D eigenvalue weighted by Gasteiger charge is -2.19. The molecule has 2 aromatic carbocycles. The zero-order chi connectivity index (χ0) is 24.9. The molecule has 1 aliphatic carbocycles. The minimum atomic E-state index is -0.288. The van der Waals surface area contributed by atoms with Gasteiger partial charge in [0.15, 0.2) is 0 Å². The van der Waals surface area contributed by atoms with Crippen molar-refractivity contribution >= 4 is 5.91 Å². The number of nitrogens with zero attached hydrogens (tertiary/aromatic N) is 5. The molecule has 0 radical (unpaired) electrons. The second kappa shape index (κ2) is 10.6. The molecular weight excluding hydrogens is 452 g/mol. The Morgan fingerprint density at radius 3 is 2.50 bits per heavy atom. The van der Waals surface area contributed by atoms with Gasteiger partial charge in [0.25, 0.3) is 0 Å². The molecule has 36 heavy (non-hydrogen) atoms. The third-order valence-corrected chi connectivity index (χ3v) is 6.90. The highest BCUT2D eigenvalue weighted by Gasteiger charge is 2.25. The second-order valence-electron chi connectivity index (χ2n) is 9.21. The first-order valence-electron chi connectivity index (χ1n) is 12.4. The van der Waals surface area contributed by atoms with Crippen LogP contribution < -0.4 is 5.69 Å². The molecule has 2 heterocycles. The molecule has 8 heteroatoms.